The van der Waals surface area contributed by atoms with Crippen molar-refractivity contribution in [2.45, 2.75) is 27.2 Å². The van der Waals surface area contributed by atoms with Crippen LogP contribution in [0.5, 0.6) is 0 Å². The van der Waals surface area contributed by atoms with Crippen LogP contribution in [-0.4, -0.2) is 21.5 Å². The van der Waals surface area contributed by atoms with Crippen LogP contribution < -0.4 is 10.6 Å². The predicted molar refractivity (Wildman–Crippen MR) is 109 cm³/mol. The van der Waals surface area contributed by atoms with E-state index in [2.05, 4.69) is 57.8 Å². The Kier molecular flexibility index (Phi) is 5.77. The van der Waals surface area contributed by atoms with E-state index >= 15 is 0 Å². The smallest absolute Gasteiger partial charge is 0.223 e. The second-order valence-electron chi connectivity index (χ2n) is 7.14. The summed E-state index contributed by atoms with van der Waals surface area (Å²) in [5, 5.41) is 19.1. The van der Waals surface area contributed by atoms with Gasteiger partial charge in [0.05, 0.1) is 10.7 Å². The van der Waals surface area contributed by atoms with Gasteiger partial charge < -0.3 is 10.6 Å². The second kappa shape index (κ2) is 8.23. The van der Waals surface area contributed by atoms with Crippen molar-refractivity contribution in [1.82, 2.24) is 20.3 Å². The molecule has 2 aromatic heterocycles. The van der Waals surface area contributed by atoms with Crippen molar-refractivity contribution < 1.29 is 0 Å². The van der Waals surface area contributed by atoms with Crippen molar-refractivity contribution in [1.29, 1.82) is 5.26 Å². The maximum Gasteiger partial charge on any atom is 0.223 e. The van der Waals surface area contributed by atoms with Crippen LogP contribution >= 0.6 is 11.8 Å². The molecule has 3 heterocycles. The standard InChI is InChI=1S/C20H22N6S/c1-20(2,3)17-13-27-18(26-17)15(11-21)16-7-10-24-19(25-16)23-9-6-14-5-4-8-22-12-14/h4-5,7-8,10,12-13,26H,6,9H2,1-3H3,(H,23,24,25)/b18-15-. The molecule has 138 valence electrons. The average Bonchev–Trinajstić information content (AvgIpc) is 3.14. The molecule has 0 saturated carbocycles. The van der Waals surface area contributed by atoms with Crippen molar-refractivity contribution in [2.75, 3.05) is 11.9 Å². The lowest BCUT2D eigenvalue weighted by Gasteiger charge is -2.20. The van der Waals surface area contributed by atoms with E-state index in [0.29, 0.717) is 23.8 Å². The van der Waals surface area contributed by atoms with Gasteiger partial charge in [0.15, 0.2) is 0 Å². The minimum atomic E-state index is -0.00000105. The SMILES string of the molecule is CC(C)(C)C1=CS/C(=C(/C#N)c2ccnc(NCCc3cccnc3)n2)N1. The molecule has 0 atom stereocenters. The highest BCUT2D eigenvalue weighted by Gasteiger charge is 2.25. The van der Waals surface area contributed by atoms with Crippen LogP contribution in [0.1, 0.15) is 32.0 Å². The highest BCUT2D eigenvalue weighted by atomic mass is 32.2. The molecule has 0 unspecified atom stereocenters. The summed E-state index contributed by atoms with van der Waals surface area (Å²) in [4.78, 5) is 12.9. The monoisotopic (exact) mass is 378 g/mol. The predicted octanol–water partition coefficient (Wildman–Crippen LogP) is 3.94. The summed E-state index contributed by atoms with van der Waals surface area (Å²) in [5.74, 6) is 0.511. The van der Waals surface area contributed by atoms with E-state index < -0.39 is 0 Å². The normalized spacial score (nSPS) is 15.6. The number of nitriles is 1. The van der Waals surface area contributed by atoms with Gasteiger partial charge in [-0.2, -0.15) is 5.26 Å². The Morgan fingerprint density at radius 3 is 2.81 bits per heavy atom. The van der Waals surface area contributed by atoms with Crippen LogP contribution in [0.15, 0.2) is 52.9 Å². The summed E-state index contributed by atoms with van der Waals surface area (Å²) >= 11 is 1.52. The van der Waals surface area contributed by atoms with Crippen molar-refractivity contribution >= 4 is 23.3 Å². The van der Waals surface area contributed by atoms with Gasteiger partial charge >= 0.3 is 0 Å². The Morgan fingerprint density at radius 1 is 1.30 bits per heavy atom. The molecule has 0 radical (unpaired) electrons. The molecule has 27 heavy (non-hydrogen) atoms. The number of anilines is 1. The molecule has 0 fully saturated rings. The summed E-state index contributed by atoms with van der Waals surface area (Å²) in [7, 11) is 0. The number of pyridine rings is 1. The molecule has 0 saturated heterocycles. The lowest BCUT2D eigenvalue weighted by molar-refractivity contribution is 0.481. The summed E-state index contributed by atoms with van der Waals surface area (Å²) in [6.07, 6.45) is 6.10. The number of thioether (sulfide) groups is 1. The van der Waals surface area contributed by atoms with Gasteiger partial charge in [-0.1, -0.05) is 38.6 Å². The maximum absolute atomic E-state index is 9.67. The fraction of sp³-hybridized carbons (Fsp3) is 0.300. The van der Waals surface area contributed by atoms with Gasteiger partial charge in [-0.05, 0) is 29.5 Å². The summed E-state index contributed by atoms with van der Waals surface area (Å²) in [6, 6.07) is 7.99. The average molecular weight is 379 g/mol. The van der Waals surface area contributed by atoms with Crippen LogP contribution in [0.4, 0.5) is 5.95 Å². The Labute approximate surface area is 163 Å². The molecule has 0 aromatic carbocycles. The Hall–Kier alpha value is -2.85. The van der Waals surface area contributed by atoms with E-state index in [1.807, 2.05) is 18.3 Å². The van der Waals surface area contributed by atoms with Crippen molar-refractivity contribution in [3.05, 3.63) is 64.2 Å². The first-order valence-electron chi connectivity index (χ1n) is 8.72. The Morgan fingerprint density at radius 2 is 2.15 bits per heavy atom. The first-order chi connectivity index (χ1) is 13.0. The number of nitrogens with zero attached hydrogens (tertiary/aromatic N) is 4. The molecule has 0 amide bonds. The Balaban J connectivity index is 1.71. The van der Waals surface area contributed by atoms with E-state index in [1.54, 1.807) is 18.5 Å². The van der Waals surface area contributed by atoms with Gasteiger partial charge in [-0.25, -0.2) is 9.97 Å². The topological polar surface area (TPSA) is 86.5 Å². The van der Waals surface area contributed by atoms with E-state index in [-0.39, 0.29) is 5.41 Å². The molecule has 1 aliphatic heterocycles. The molecule has 6 nitrogen and oxygen atoms in total. The summed E-state index contributed by atoms with van der Waals surface area (Å²) in [5.41, 5.74) is 3.37. The van der Waals surface area contributed by atoms with Crippen molar-refractivity contribution in [2.24, 2.45) is 5.41 Å². The second-order valence-corrected chi connectivity index (χ2v) is 8.02. The van der Waals surface area contributed by atoms with Crippen molar-refractivity contribution in [3.8, 4) is 6.07 Å². The third-order valence-corrected chi connectivity index (χ3v) is 4.92. The lowest BCUT2D eigenvalue weighted by Crippen LogP contribution is -2.20. The van der Waals surface area contributed by atoms with Gasteiger partial charge in [0.25, 0.3) is 0 Å². The minimum Gasteiger partial charge on any atom is -0.354 e. The van der Waals surface area contributed by atoms with Gasteiger partial charge in [-0.15, -0.1) is 0 Å². The van der Waals surface area contributed by atoms with Crippen molar-refractivity contribution in [3.63, 3.8) is 0 Å². The molecule has 3 rings (SSSR count). The molecule has 1 aliphatic rings. The number of hydrogen-bond donors (Lipinski definition) is 2. The third-order valence-electron chi connectivity index (χ3n) is 4.02. The number of rotatable bonds is 5. The zero-order valence-corrected chi connectivity index (χ0v) is 16.5. The van der Waals surface area contributed by atoms with E-state index in [4.69, 9.17) is 0 Å². The molecule has 0 spiro atoms. The largest absolute Gasteiger partial charge is 0.354 e. The molecular formula is C20H22N6S. The molecular weight excluding hydrogens is 356 g/mol. The van der Waals surface area contributed by atoms with Gasteiger partial charge in [0, 0.05) is 36.2 Å². The Bertz CT molecular complexity index is 906. The van der Waals surface area contributed by atoms with E-state index in [9.17, 15) is 5.26 Å². The summed E-state index contributed by atoms with van der Waals surface area (Å²) in [6.45, 7) is 7.10. The number of aromatic nitrogens is 3. The zero-order valence-electron chi connectivity index (χ0n) is 15.7. The van der Waals surface area contributed by atoms with Gasteiger partial charge in [-0.3, -0.25) is 4.98 Å². The summed E-state index contributed by atoms with van der Waals surface area (Å²) < 4.78 is 0. The van der Waals surface area contributed by atoms with Crippen LogP contribution in [0, 0.1) is 16.7 Å². The highest BCUT2D eigenvalue weighted by molar-refractivity contribution is 8.06. The van der Waals surface area contributed by atoms with E-state index in [1.165, 1.54) is 11.8 Å². The van der Waals surface area contributed by atoms with Crippen LogP contribution in [0.2, 0.25) is 0 Å². The first-order valence-corrected chi connectivity index (χ1v) is 9.60. The van der Waals surface area contributed by atoms with Crippen LogP contribution in [-0.2, 0) is 6.42 Å². The zero-order chi connectivity index (χ0) is 19.3. The molecule has 2 aromatic rings. The third kappa shape index (κ3) is 4.86. The molecule has 0 aliphatic carbocycles. The first kappa shape index (κ1) is 18.9. The minimum absolute atomic E-state index is 0.00000105. The van der Waals surface area contributed by atoms with Gasteiger partial charge in [0.2, 0.25) is 5.95 Å². The van der Waals surface area contributed by atoms with Crippen LogP contribution in [0.25, 0.3) is 5.57 Å². The lowest BCUT2D eigenvalue weighted by atomic mass is 9.93. The highest BCUT2D eigenvalue weighted by Crippen LogP contribution is 2.37. The number of allylic oxidation sites excluding steroid dienone is 2. The number of hydrogen-bond acceptors (Lipinski definition) is 7. The molecule has 7 heteroatoms. The maximum atomic E-state index is 9.67. The number of nitrogens with one attached hydrogen (secondary N) is 2. The van der Waals surface area contributed by atoms with Crippen LogP contribution in [0.3, 0.4) is 0 Å². The molecule has 2 N–H and O–H groups in total. The van der Waals surface area contributed by atoms with Gasteiger partial charge in [0.1, 0.15) is 11.6 Å². The molecule has 0 bridgehead atoms. The van der Waals surface area contributed by atoms with E-state index in [0.717, 1.165) is 22.7 Å². The quantitative estimate of drug-likeness (QED) is 0.762. The fourth-order valence-electron chi connectivity index (χ4n) is 2.46. The fourth-order valence-corrected chi connectivity index (χ4v) is 3.54.